The molecule has 0 aliphatic carbocycles. The van der Waals surface area contributed by atoms with Crippen LogP contribution in [-0.2, 0) is 32.3 Å². The van der Waals surface area contributed by atoms with Crippen molar-refractivity contribution in [3.8, 4) is 0 Å². The largest absolute Gasteiger partial charge is 0.308 e. The highest BCUT2D eigenvalue weighted by Crippen LogP contribution is 2.42. The van der Waals surface area contributed by atoms with Gasteiger partial charge in [0.1, 0.15) is 8.64 Å². The average molecular weight is 737 g/mol. The zero-order valence-electron chi connectivity index (χ0n) is 26.8. The SMILES string of the molecule is O=C1/C(=C2\SC(=S)N(CCC(=O)N(Cc3ccccc3)c3ccccc3)C2=O)SC(=S)N1CCC(=O)N(Cc1ccccc1)c1ccccc1. The highest BCUT2D eigenvalue weighted by Gasteiger charge is 2.42. The summed E-state index contributed by atoms with van der Waals surface area (Å²) >= 11 is 13.2. The second kappa shape index (κ2) is 16.4. The van der Waals surface area contributed by atoms with Gasteiger partial charge in [-0.25, -0.2) is 0 Å². The van der Waals surface area contributed by atoms with E-state index in [0.717, 1.165) is 46.0 Å². The van der Waals surface area contributed by atoms with Crippen LogP contribution in [-0.4, -0.2) is 55.2 Å². The highest BCUT2D eigenvalue weighted by atomic mass is 32.2. The minimum Gasteiger partial charge on any atom is -0.308 e. The number of thiocarbonyl (C=S) groups is 2. The van der Waals surface area contributed by atoms with Crippen LogP contribution in [0, 0.1) is 0 Å². The molecule has 50 heavy (non-hydrogen) atoms. The number of thioether (sulfide) groups is 2. The minimum atomic E-state index is -0.434. The number of hydrogen-bond donors (Lipinski definition) is 0. The first-order chi connectivity index (χ1) is 24.3. The molecule has 0 atom stereocenters. The number of carbonyl (C=O) groups excluding carboxylic acids is 4. The topological polar surface area (TPSA) is 81.2 Å². The molecular weight excluding hydrogens is 705 g/mol. The van der Waals surface area contributed by atoms with Gasteiger partial charge in [0.25, 0.3) is 11.8 Å². The molecular formula is C38H32N4O4S4. The van der Waals surface area contributed by atoms with E-state index in [0.29, 0.717) is 13.1 Å². The third-order valence-electron chi connectivity index (χ3n) is 8.11. The van der Waals surface area contributed by atoms with Gasteiger partial charge in [-0.3, -0.25) is 29.0 Å². The fourth-order valence-electron chi connectivity index (χ4n) is 5.54. The molecule has 252 valence electrons. The van der Waals surface area contributed by atoms with Gasteiger partial charge in [-0.05, 0) is 35.4 Å². The summed E-state index contributed by atoms with van der Waals surface area (Å²) in [4.78, 5) is 60.9. The lowest BCUT2D eigenvalue weighted by atomic mass is 10.1. The predicted octanol–water partition coefficient (Wildman–Crippen LogP) is 7.17. The maximum Gasteiger partial charge on any atom is 0.267 e. The van der Waals surface area contributed by atoms with Crippen LogP contribution in [0.25, 0.3) is 0 Å². The molecule has 0 bridgehead atoms. The van der Waals surface area contributed by atoms with Gasteiger partial charge in [-0.1, -0.05) is 145 Å². The smallest absolute Gasteiger partial charge is 0.267 e. The first-order valence-electron chi connectivity index (χ1n) is 15.9. The summed E-state index contributed by atoms with van der Waals surface area (Å²) in [6.45, 7) is 0.887. The van der Waals surface area contributed by atoms with Crippen molar-refractivity contribution < 1.29 is 19.2 Å². The molecule has 6 rings (SSSR count). The molecule has 4 aromatic rings. The summed E-state index contributed by atoms with van der Waals surface area (Å²) in [5, 5.41) is 0. The summed E-state index contributed by atoms with van der Waals surface area (Å²) in [5.74, 6) is -1.20. The maximum absolute atomic E-state index is 13.6. The third kappa shape index (κ3) is 8.22. The summed E-state index contributed by atoms with van der Waals surface area (Å²) in [6, 6.07) is 38.2. The van der Waals surface area contributed by atoms with Gasteiger partial charge in [0.15, 0.2) is 0 Å². The molecule has 0 aromatic heterocycles. The normalized spacial score (nSPS) is 15.9. The van der Waals surface area contributed by atoms with Crippen molar-refractivity contribution in [1.29, 1.82) is 0 Å². The first-order valence-corrected chi connectivity index (χ1v) is 18.4. The molecule has 4 aromatic carbocycles. The van der Waals surface area contributed by atoms with E-state index >= 15 is 0 Å². The molecule has 2 heterocycles. The second-order valence-corrected chi connectivity index (χ2v) is 14.7. The van der Waals surface area contributed by atoms with Crippen LogP contribution in [0.2, 0.25) is 0 Å². The Morgan fingerprint density at radius 3 is 1.18 bits per heavy atom. The molecule has 2 aliphatic heterocycles. The van der Waals surface area contributed by atoms with Crippen LogP contribution in [0.4, 0.5) is 11.4 Å². The number of benzene rings is 4. The summed E-state index contributed by atoms with van der Waals surface area (Å²) in [5.41, 5.74) is 3.45. The van der Waals surface area contributed by atoms with Crippen molar-refractivity contribution in [2.24, 2.45) is 0 Å². The standard InChI is InChI=1S/C38H32N4O4S4/c43-31(41(29-17-9-3-10-18-29)25-27-13-5-1-6-14-27)21-23-39-35(45)33(49-37(39)47)34-36(46)40(38(48)50-34)24-22-32(44)42(30-19-11-4-12-20-30)26-28-15-7-2-8-16-28/h1-20H,21-26H2/b34-33+. The lowest BCUT2D eigenvalue weighted by molar-refractivity contribution is -0.126. The Bertz CT molecular complexity index is 1800. The number of amides is 4. The van der Waals surface area contributed by atoms with Crippen LogP contribution >= 0.6 is 48.0 Å². The van der Waals surface area contributed by atoms with Crippen LogP contribution in [0.15, 0.2) is 131 Å². The van der Waals surface area contributed by atoms with Crippen LogP contribution < -0.4 is 9.80 Å². The van der Waals surface area contributed by atoms with Crippen molar-refractivity contribution >= 4 is 91.6 Å². The molecule has 2 saturated heterocycles. The maximum atomic E-state index is 13.6. The number of para-hydroxylation sites is 2. The van der Waals surface area contributed by atoms with Gasteiger partial charge in [0.2, 0.25) is 11.8 Å². The van der Waals surface area contributed by atoms with Gasteiger partial charge in [0.05, 0.1) is 22.9 Å². The van der Waals surface area contributed by atoms with Crippen LogP contribution in [0.3, 0.4) is 0 Å². The molecule has 0 saturated carbocycles. The van der Waals surface area contributed by atoms with Crippen LogP contribution in [0.5, 0.6) is 0 Å². The Morgan fingerprint density at radius 1 is 0.520 bits per heavy atom. The average Bonchev–Trinajstić information content (AvgIpc) is 3.59. The molecule has 0 radical (unpaired) electrons. The van der Waals surface area contributed by atoms with E-state index in [4.69, 9.17) is 24.4 Å². The van der Waals surface area contributed by atoms with Crippen molar-refractivity contribution in [1.82, 2.24) is 9.80 Å². The van der Waals surface area contributed by atoms with Crippen molar-refractivity contribution in [3.05, 3.63) is 142 Å². The fourth-order valence-corrected chi connectivity index (χ4v) is 8.31. The molecule has 12 heteroatoms. The van der Waals surface area contributed by atoms with E-state index in [-0.39, 0.29) is 56.2 Å². The zero-order chi connectivity index (χ0) is 35.0. The van der Waals surface area contributed by atoms with Crippen LogP contribution in [0.1, 0.15) is 24.0 Å². The third-order valence-corrected chi connectivity index (χ3v) is 11.1. The lowest BCUT2D eigenvalue weighted by Crippen LogP contribution is -2.36. The van der Waals surface area contributed by atoms with Crippen molar-refractivity contribution in [3.63, 3.8) is 0 Å². The zero-order valence-corrected chi connectivity index (χ0v) is 30.1. The molecule has 4 amide bonds. The summed E-state index contributed by atoms with van der Waals surface area (Å²) in [6.07, 6.45) is 0.0663. The van der Waals surface area contributed by atoms with E-state index in [2.05, 4.69) is 0 Å². The molecule has 2 aliphatic rings. The Labute approximate surface area is 310 Å². The van der Waals surface area contributed by atoms with E-state index in [1.54, 1.807) is 9.80 Å². The number of hydrogen-bond acceptors (Lipinski definition) is 8. The summed E-state index contributed by atoms with van der Waals surface area (Å²) in [7, 11) is 0. The van der Waals surface area contributed by atoms with E-state index < -0.39 is 11.8 Å². The monoisotopic (exact) mass is 736 g/mol. The Morgan fingerprint density at radius 2 is 0.840 bits per heavy atom. The van der Waals surface area contributed by atoms with Crippen molar-refractivity contribution in [2.45, 2.75) is 25.9 Å². The predicted molar refractivity (Wildman–Crippen MR) is 208 cm³/mol. The molecule has 0 unspecified atom stereocenters. The number of rotatable bonds is 12. The van der Waals surface area contributed by atoms with E-state index in [1.165, 1.54) is 9.80 Å². The minimum absolute atomic E-state index is 0.0331. The lowest BCUT2D eigenvalue weighted by Gasteiger charge is -2.24. The number of carbonyl (C=O) groups is 4. The highest BCUT2D eigenvalue weighted by molar-refractivity contribution is 8.29. The van der Waals surface area contributed by atoms with Gasteiger partial charge < -0.3 is 9.80 Å². The molecule has 8 nitrogen and oxygen atoms in total. The second-order valence-electron chi connectivity index (χ2n) is 11.4. The van der Waals surface area contributed by atoms with Gasteiger partial charge >= 0.3 is 0 Å². The quantitative estimate of drug-likeness (QED) is 0.112. The van der Waals surface area contributed by atoms with Gasteiger partial charge in [-0.2, -0.15) is 0 Å². The van der Waals surface area contributed by atoms with Gasteiger partial charge in [-0.15, -0.1) is 0 Å². The molecule has 2 fully saturated rings. The van der Waals surface area contributed by atoms with Crippen molar-refractivity contribution in [2.75, 3.05) is 22.9 Å². The van der Waals surface area contributed by atoms with E-state index in [1.807, 2.05) is 121 Å². The number of anilines is 2. The Kier molecular flexibility index (Phi) is 11.5. The summed E-state index contributed by atoms with van der Waals surface area (Å²) < 4.78 is 0.541. The number of nitrogens with zero attached hydrogens (tertiary/aromatic N) is 4. The first kappa shape index (κ1) is 35.2. The Hall–Kier alpha value is -4.62. The fraction of sp³-hybridized carbons (Fsp3) is 0.158. The Balaban J connectivity index is 1.11. The van der Waals surface area contributed by atoms with E-state index in [9.17, 15) is 19.2 Å². The molecule has 0 N–H and O–H groups in total. The van der Waals surface area contributed by atoms with Gasteiger partial charge in [0, 0.05) is 37.3 Å². The molecule has 0 spiro atoms.